The van der Waals surface area contributed by atoms with Crippen LogP contribution in [-0.2, 0) is 4.79 Å². The van der Waals surface area contributed by atoms with Gasteiger partial charge in [0, 0.05) is 18.2 Å². The maximum atomic E-state index is 12.0. The van der Waals surface area contributed by atoms with Gasteiger partial charge in [0.2, 0.25) is 5.91 Å². The maximum absolute atomic E-state index is 12.0. The van der Waals surface area contributed by atoms with E-state index in [1.165, 1.54) is 6.92 Å². The molecule has 3 N–H and O–H groups in total. The van der Waals surface area contributed by atoms with Gasteiger partial charge >= 0.3 is 0 Å². The minimum absolute atomic E-state index is 0.160. The Kier molecular flexibility index (Phi) is 4.67. The van der Waals surface area contributed by atoms with E-state index >= 15 is 0 Å². The molecule has 104 valence electrons. The number of hydrogen-bond donors (Lipinski definition) is 3. The Bertz CT molecular complexity index is 464. The normalized spacial score (nSPS) is 12.7. The minimum atomic E-state index is -0.701. The Labute approximate surface area is 113 Å². The number of amides is 2. The van der Waals surface area contributed by atoms with E-state index in [0.29, 0.717) is 11.3 Å². The zero-order chi connectivity index (χ0) is 14.6. The standard InChI is InChI=1S/C14H20N2O3/c1-9(17)14(3,4)16-13(19)11-5-7-12(8-6-11)15-10(2)18/h5-9,17H,1-4H3,(H,15,18)(H,16,19). The highest BCUT2D eigenvalue weighted by atomic mass is 16.3. The fraction of sp³-hybridized carbons (Fsp3) is 0.429. The highest BCUT2D eigenvalue weighted by molar-refractivity contribution is 5.95. The molecule has 0 fully saturated rings. The van der Waals surface area contributed by atoms with E-state index in [2.05, 4.69) is 10.6 Å². The molecule has 5 nitrogen and oxygen atoms in total. The molecule has 1 aromatic rings. The summed E-state index contributed by atoms with van der Waals surface area (Å²) in [5, 5.41) is 14.9. The van der Waals surface area contributed by atoms with E-state index < -0.39 is 11.6 Å². The first-order valence-electron chi connectivity index (χ1n) is 6.10. The molecule has 0 aliphatic heterocycles. The smallest absolute Gasteiger partial charge is 0.251 e. The largest absolute Gasteiger partial charge is 0.391 e. The molecule has 19 heavy (non-hydrogen) atoms. The van der Waals surface area contributed by atoms with Crippen molar-refractivity contribution < 1.29 is 14.7 Å². The predicted octanol–water partition coefficient (Wildman–Crippen LogP) is 1.53. The lowest BCUT2D eigenvalue weighted by Crippen LogP contribution is -2.50. The summed E-state index contributed by atoms with van der Waals surface area (Å²) in [5.41, 5.74) is 0.412. The van der Waals surface area contributed by atoms with Gasteiger partial charge in [-0.15, -0.1) is 0 Å². The van der Waals surface area contributed by atoms with Crippen molar-refractivity contribution in [2.45, 2.75) is 39.3 Å². The first kappa shape index (κ1) is 15.2. The van der Waals surface area contributed by atoms with Gasteiger partial charge in [-0.05, 0) is 45.0 Å². The zero-order valence-corrected chi connectivity index (χ0v) is 11.7. The van der Waals surface area contributed by atoms with Crippen LogP contribution in [0.4, 0.5) is 5.69 Å². The second-order valence-electron chi connectivity index (χ2n) is 5.11. The summed E-state index contributed by atoms with van der Waals surface area (Å²) in [6, 6.07) is 6.56. The molecular weight excluding hydrogens is 244 g/mol. The lowest BCUT2D eigenvalue weighted by molar-refractivity contribution is -0.114. The SMILES string of the molecule is CC(=O)Nc1ccc(C(=O)NC(C)(C)C(C)O)cc1. The van der Waals surface area contributed by atoms with Crippen molar-refractivity contribution in [3.63, 3.8) is 0 Å². The zero-order valence-electron chi connectivity index (χ0n) is 11.7. The van der Waals surface area contributed by atoms with Crippen LogP contribution in [0.5, 0.6) is 0 Å². The third-order valence-corrected chi connectivity index (χ3v) is 2.95. The average Bonchev–Trinajstić information content (AvgIpc) is 2.28. The molecule has 1 unspecified atom stereocenters. The van der Waals surface area contributed by atoms with Gasteiger partial charge in [-0.1, -0.05) is 0 Å². The molecule has 0 aliphatic rings. The van der Waals surface area contributed by atoms with Crippen molar-refractivity contribution in [2.75, 3.05) is 5.32 Å². The molecule has 0 saturated carbocycles. The van der Waals surface area contributed by atoms with Gasteiger partial charge in [-0.25, -0.2) is 0 Å². The van der Waals surface area contributed by atoms with E-state index in [1.807, 2.05) is 0 Å². The topological polar surface area (TPSA) is 78.4 Å². The first-order chi connectivity index (χ1) is 8.72. The lowest BCUT2D eigenvalue weighted by atomic mass is 9.98. The molecule has 2 amide bonds. The third-order valence-electron chi connectivity index (χ3n) is 2.95. The monoisotopic (exact) mass is 264 g/mol. The van der Waals surface area contributed by atoms with E-state index in [9.17, 15) is 14.7 Å². The van der Waals surface area contributed by atoms with Crippen molar-refractivity contribution in [1.82, 2.24) is 5.32 Å². The van der Waals surface area contributed by atoms with Gasteiger partial charge < -0.3 is 15.7 Å². The van der Waals surface area contributed by atoms with Crippen LogP contribution in [-0.4, -0.2) is 28.6 Å². The van der Waals surface area contributed by atoms with Crippen LogP contribution in [0.2, 0.25) is 0 Å². The van der Waals surface area contributed by atoms with Crippen LogP contribution in [0.3, 0.4) is 0 Å². The highest BCUT2D eigenvalue weighted by Crippen LogP contribution is 2.13. The lowest BCUT2D eigenvalue weighted by Gasteiger charge is -2.29. The average molecular weight is 264 g/mol. The molecule has 5 heteroatoms. The van der Waals surface area contributed by atoms with E-state index in [4.69, 9.17) is 0 Å². The number of anilines is 1. The fourth-order valence-electron chi connectivity index (χ4n) is 1.38. The number of carbonyl (C=O) groups is 2. The maximum Gasteiger partial charge on any atom is 0.251 e. The van der Waals surface area contributed by atoms with Gasteiger partial charge in [0.1, 0.15) is 0 Å². The summed E-state index contributed by atoms with van der Waals surface area (Å²) in [7, 11) is 0. The van der Waals surface area contributed by atoms with Crippen molar-refractivity contribution >= 4 is 17.5 Å². The van der Waals surface area contributed by atoms with Gasteiger partial charge in [0.15, 0.2) is 0 Å². The van der Waals surface area contributed by atoms with Crippen molar-refractivity contribution in [3.8, 4) is 0 Å². The van der Waals surface area contributed by atoms with Gasteiger partial charge in [-0.2, -0.15) is 0 Å². The number of aliphatic hydroxyl groups is 1. The van der Waals surface area contributed by atoms with Crippen molar-refractivity contribution in [1.29, 1.82) is 0 Å². The predicted molar refractivity (Wildman–Crippen MR) is 74.0 cm³/mol. The summed E-state index contributed by atoms with van der Waals surface area (Å²) in [6.45, 7) is 6.55. The summed E-state index contributed by atoms with van der Waals surface area (Å²) in [6.07, 6.45) is -0.657. The molecule has 0 heterocycles. The molecule has 1 atom stereocenters. The van der Waals surface area contributed by atoms with Crippen molar-refractivity contribution in [2.24, 2.45) is 0 Å². The number of nitrogens with one attached hydrogen (secondary N) is 2. The van der Waals surface area contributed by atoms with Crippen LogP contribution in [0, 0.1) is 0 Å². The summed E-state index contributed by atoms with van der Waals surface area (Å²) in [4.78, 5) is 22.9. The van der Waals surface area contributed by atoms with E-state index in [1.54, 1.807) is 45.0 Å². The Balaban J connectivity index is 2.76. The number of carbonyl (C=O) groups excluding carboxylic acids is 2. The van der Waals surface area contributed by atoms with E-state index in [-0.39, 0.29) is 11.8 Å². The summed E-state index contributed by atoms with van der Waals surface area (Å²) >= 11 is 0. The molecule has 1 rings (SSSR count). The Morgan fingerprint density at radius 1 is 1.21 bits per heavy atom. The minimum Gasteiger partial charge on any atom is -0.391 e. The van der Waals surface area contributed by atoms with Crippen molar-refractivity contribution in [3.05, 3.63) is 29.8 Å². The van der Waals surface area contributed by atoms with E-state index in [0.717, 1.165) is 0 Å². The molecule has 0 aliphatic carbocycles. The second kappa shape index (κ2) is 5.84. The van der Waals surface area contributed by atoms with Gasteiger partial charge in [0.05, 0.1) is 11.6 Å². The molecule has 0 aromatic heterocycles. The van der Waals surface area contributed by atoms with Gasteiger partial charge in [-0.3, -0.25) is 9.59 Å². The first-order valence-corrected chi connectivity index (χ1v) is 6.10. The quantitative estimate of drug-likeness (QED) is 0.771. The van der Waals surface area contributed by atoms with Gasteiger partial charge in [0.25, 0.3) is 5.91 Å². The molecule has 0 spiro atoms. The Morgan fingerprint density at radius 3 is 2.16 bits per heavy atom. The molecule has 0 bridgehead atoms. The number of hydrogen-bond acceptors (Lipinski definition) is 3. The number of aliphatic hydroxyl groups excluding tert-OH is 1. The molecule has 0 saturated heterocycles. The Morgan fingerprint density at radius 2 is 1.74 bits per heavy atom. The molecule has 0 radical (unpaired) electrons. The molecular formula is C14H20N2O3. The third kappa shape index (κ3) is 4.37. The second-order valence-corrected chi connectivity index (χ2v) is 5.11. The number of benzene rings is 1. The van der Waals surface area contributed by atoms with Crippen LogP contribution in [0.1, 0.15) is 38.1 Å². The fourth-order valence-corrected chi connectivity index (χ4v) is 1.38. The Hall–Kier alpha value is -1.88. The highest BCUT2D eigenvalue weighted by Gasteiger charge is 2.26. The van der Waals surface area contributed by atoms with Crippen LogP contribution in [0.25, 0.3) is 0 Å². The number of rotatable bonds is 4. The molecule has 1 aromatic carbocycles. The summed E-state index contributed by atoms with van der Waals surface area (Å²) in [5.74, 6) is -0.423. The van der Waals surface area contributed by atoms with Crippen LogP contribution in [0.15, 0.2) is 24.3 Å². The summed E-state index contributed by atoms with van der Waals surface area (Å²) < 4.78 is 0. The van der Waals surface area contributed by atoms with Crippen LogP contribution < -0.4 is 10.6 Å². The van der Waals surface area contributed by atoms with Crippen LogP contribution >= 0.6 is 0 Å².